The molecule has 0 saturated heterocycles. The molecule has 0 aromatic heterocycles. The average Bonchev–Trinajstić information content (AvgIpc) is 2.45. The fraction of sp³-hybridized carbons (Fsp3) is 0.294. The summed E-state index contributed by atoms with van der Waals surface area (Å²) in [5.74, 6) is 0.620. The molecule has 1 unspecified atom stereocenters. The first kappa shape index (κ1) is 14.6. The van der Waals surface area contributed by atoms with Crippen LogP contribution in [0.3, 0.4) is 0 Å². The number of hydrogen-bond acceptors (Lipinski definition) is 3. The van der Waals surface area contributed by atoms with E-state index in [0.29, 0.717) is 5.75 Å². The molecule has 2 N–H and O–H groups in total. The smallest absolute Gasteiger partial charge is 0.125 e. The van der Waals surface area contributed by atoms with Crippen LogP contribution in [0.15, 0.2) is 48.5 Å². The van der Waals surface area contributed by atoms with Crippen LogP contribution in [0, 0.1) is 6.92 Å². The molecule has 0 amide bonds. The van der Waals surface area contributed by atoms with Crippen molar-refractivity contribution < 1.29 is 14.9 Å². The van der Waals surface area contributed by atoms with Crippen LogP contribution in [0.2, 0.25) is 0 Å². The molecule has 2 aromatic rings. The summed E-state index contributed by atoms with van der Waals surface area (Å²) in [5.41, 5.74) is 2.60. The summed E-state index contributed by atoms with van der Waals surface area (Å²) < 4.78 is 5.69. The van der Waals surface area contributed by atoms with E-state index >= 15 is 0 Å². The van der Waals surface area contributed by atoms with Crippen molar-refractivity contribution in [2.24, 2.45) is 0 Å². The number of aliphatic hydroxyl groups excluding tert-OH is 2. The molecule has 2 rings (SSSR count). The van der Waals surface area contributed by atoms with E-state index in [0.717, 1.165) is 16.7 Å². The Balaban J connectivity index is 2.09. The molecule has 106 valence electrons. The Morgan fingerprint density at radius 2 is 1.75 bits per heavy atom. The second kappa shape index (κ2) is 6.55. The Kier molecular flexibility index (Phi) is 4.77. The average molecular weight is 272 g/mol. The van der Waals surface area contributed by atoms with Crippen LogP contribution in [0.25, 0.3) is 0 Å². The summed E-state index contributed by atoms with van der Waals surface area (Å²) in [7, 11) is 0. The van der Waals surface area contributed by atoms with E-state index in [9.17, 15) is 10.2 Å². The van der Waals surface area contributed by atoms with Crippen molar-refractivity contribution in [1.82, 2.24) is 0 Å². The first-order valence-corrected chi connectivity index (χ1v) is 6.72. The Labute approximate surface area is 119 Å². The van der Waals surface area contributed by atoms with Gasteiger partial charge in [0.15, 0.2) is 0 Å². The molecule has 0 radical (unpaired) electrons. The molecule has 2 aromatic carbocycles. The maximum atomic E-state index is 10.1. The van der Waals surface area contributed by atoms with Crippen LogP contribution in [-0.4, -0.2) is 16.8 Å². The summed E-state index contributed by atoms with van der Waals surface area (Å²) in [4.78, 5) is 0. The number of hydrogen-bond donors (Lipinski definition) is 2. The van der Waals surface area contributed by atoms with Gasteiger partial charge in [-0.15, -0.1) is 0 Å². The highest BCUT2D eigenvalue weighted by Gasteiger charge is 2.12. The predicted octanol–water partition coefficient (Wildman–Crippen LogP) is 3.16. The van der Waals surface area contributed by atoms with Crippen LogP contribution in [0.5, 0.6) is 5.75 Å². The highest BCUT2D eigenvalue weighted by Crippen LogP contribution is 2.27. The number of rotatable bonds is 5. The minimum absolute atomic E-state index is 0.160. The highest BCUT2D eigenvalue weighted by molar-refractivity contribution is 5.38. The SMILES string of the molecule is Cc1ccc([C@@H](C)O)c(OCC(O)c2ccccc2)c1. The third-order valence-electron chi connectivity index (χ3n) is 3.20. The van der Waals surface area contributed by atoms with E-state index in [4.69, 9.17) is 4.74 Å². The molecule has 0 fully saturated rings. The molecule has 0 saturated carbocycles. The van der Waals surface area contributed by atoms with Gasteiger partial charge in [0, 0.05) is 5.56 Å². The van der Waals surface area contributed by atoms with Crippen molar-refractivity contribution in [2.45, 2.75) is 26.1 Å². The molecule has 0 aliphatic carbocycles. The summed E-state index contributed by atoms with van der Waals surface area (Å²) in [5, 5.41) is 19.8. The molecule has 0 aliphatic heterocycles. The van der Waals surface area contributed by atoms with E-state index < -0.39 is 12.2 Å². The van der Waals surface area contributed by atoms with Crippen LogP contribution in [0.4, 0.5) is 0 Å². The number of aryl methyl sites for hydroxylation is 1. The zero-order valence-electron chi connectivity index (χ0n) is 11.8. The minimum Gasteiger partial charge on any atom is -0.490 e. The first-order valence-electron chi connectivity index (χ1n) is 6.72. The molecule has 20 heavy (non-hydrogen) atoms. The Bertz CT molecular complexity index is 549. The molecule has 3 nitrogen and oxygen atoms in total. The van der Waals surface area contributed by atoms with Crippen molar-refractivity contribution in [3.8, 4) is 5.75 Å². The molecular formula is C17H20O3. The van der Waals surface area contributed by atoms with Gasteiger partial charge in [-0.1, -0.05) is 42.5 Å². The molecule has 0 heterocycles. The molecule has 0 spiro atoms. The third kappa shape index (κ3) is 3.59. The molecule has 0 bridgehead atoms. The predicted molar refractivity (Wildman–Crippen MR) is 78.7 cm³/mol. The fourth-order valence-corrected chi connectivity index (χ4v) is 2.05. The quantitative estimate of drug-likeness (QED) is 0.879. The van der Waals surface area contributed by atoms with Crippen molar-refractivity contribution in [3.05, 3.63) is 65.2 Å². The van der Waals surface area contributed by atoms with Gasteiger partial charge in [0.25, 0.3) is 0 Å². The van der Waals surface area contributed by atoms with E-state index in [2.05, 4.69) is 0 Å². The number of ether oxygens (including phenoxy) is 1. The van der Waals surface area contributed by atoms with Gasteiger partial charge in [0.05, 0.1) is 6.10 Å². The van der Waals surface area contributed by atoms with Gasteiger partial charge in [-0.3, -0.25) is 0 Å². The van der Waals surface area contributed by atoms with Gasteiger partial charge in [0.1, 0.15) is 18.5 Å². The lowest BCUT2D eigenvalue weighted by Crippen LogP contribution is -2.11. The van der Waals surface area contributed by atoms with Crippen molar-refractivity contribution >= 4 is 0 Å². The van der Waals surface area contributed by atoms with Crippen LogP contribution >= 0.6 is 0 Å². The van der Waals surface area contributed by atoms with Gasteiger partial charge in [-0.25, -0.2) is 0 Å². The standard InChI is InChI=1S/C17H20O3/c1-12-8-9-15(13(2)18)17(10-12)20-11-16(19)14-6-4-3-5-7-14/h3-10,13,16,18-19H,11H2,1-2H3/t13-,16?/m1/s1. The van der Waals surface area contributed by atoms with Gasteiger partial charge >= 0.3 is 0 Å². The van der Waals surface area contributed by atoms with Crippen LogP contribution < -0.4 is 4.74 Å². The molecule has 3 heteroatoms. The van der Waals surface area contributed by atoms with Gasteiger partial charge in [-0.05, 0) is 31.0 Å². The molecular weight excluding hydrogens is 252 g/mol. The Morgan fingerprint density at radius 3 is 2.40 bits per heavy atom. The van der Waals surface area contributed by atoms with Gasteiger partial charge in [0.2, 0.25) is 0 Å². The van der Waals surface area contributed by atoms with Crippen LogP contribution in [-0.2, 0) is 0 Å². The zero-order chi connectivity index (χ0) is 14.5. The lowest BCUT2D eigenvalue weighted by molar-refractivity contribution is 0.104. The van der Waals surface area contributed by atoms with E-state index in [1.807, 2.05) is 55.5 Å². The third-order valence-corrected chi connectivity index (χ3v) is 3.20. The summed E-state index contributed by atoms with van der Waals surface area (Å²) in [6, 6.07) is 15.0. The number of aliphatic hydroxyl groups is 2. The Morgan fingerprint density at radius 1 is 1.05 bits per heavy atom. The second-order valence-electron chi connectivity index (χ2n) is 4.95. The van der Waals surface area contributed by atoms with Crippen molar-refractivity contribution in [2.75, 3.05) is 6.61 Å². The van der Waals surface area contributed by atoms with Crippen molar-refractivity contribution in [3.63, 3.8) is 0 Å². The topological polar surface area (TPSA) is 49.7 Å². The van der Waals surface area contributed by atoms with E-state index in [-0.39, 0.29) is 6.61 Å². The second-order valence-corrected chi connectivity index (χ2v) is 4.95. The van der Waals surface area contributed by atoms with E-state index in [1.54, 1.807) is 6.92 Å². The fourth-order valence-electron chi connectivity index (χ4n) is 2.05. The Hall–Kier alpha value is -1.84. The summed E-state index contributed by atoms with van der Waals surface area (Å²) in [6.45, 7) is 3.82. The monoisotopic (exact) mass is 272 g/mol. The van der Waals surface area contributed by atoms with Gasteiger partial charge in [-0.2, -0.15) is 0 Å². The maximum Gasteiger partial charge on any atom is 0.125 e. The maximum absolute atomic E-state index is 10.1. The van der Waals surface area contributed by atoms with Crippen LogP contribution in [0.1, 0.15) is 35.8 Å². The van der Waals surface area contributed by atoms with Gasteiger partial charge < -0.3 is 14.9 Å². The number of benzene rings is 2. The lowest BCUT2D eigenvalue weighted by Gasteiger charge is -2.17. The first-order chi connectivity index (χ1) is 9.58. The normalized spacial score (nSPS) is 13.8. The lowest BCUT2D eigenvalue weighted by atomic mass is 10.1. The molecule has 0 aliphatic rings. The molecule has 2 atom stereocenters. The zero-order valence-corrected chi connectivity index (χ0v) is 11.8. The summed E-state index contributed by atoms with van der Waals surface area (Å²) >= 11 is 0. The van der Waals surface area contributed by atoms with Crippen molar-refractivity contribution in [1.29, 1.82) is 0 Å². The highest BCUT2D eigenvalue weighted by atomic mass is 16.5. The van der Waals surface area contributed by atoms with E-state index in [1.165, 1.54) is 0 Å². The largest absolute Gasteiger partial charge is 0.490 e. The minimum atomic E-state index is -0.682. The summed E-state index contributed by atoms with van der Waals surface area (Å²) in [6.07, 6.45) is -1.28.